The molecule has 0 aromatic heterocycles. The number of aliphatic hydroxyl groups is 2. The van der Waals surface area contributed by atoms with Gasteiger partial charge < -0.3 is 49.4 Å². The van der Waals surface area contributed by atoms with Crippen molar-refractivity contribution < 1.29 is 58.9 Å². The van der Waals surface area contributed by atoms with Gasteiger partial charge in [-0.25, -0.2) is 0 Å². The lowest BCUT2D eigenvalue weighted by Crippen LogP contribution is -2.46. The van der Waals surface area contributed by atoms with Crippen LogP contribution in [0.2, 0.25) is 0 Å². The van der Waals surface area contributed by atoms with Crippen molar-refractivity contribution in [2.75, 3.05) is 23.5 Å². The third-order valence-corrected chi connectivity index (χ3v) is 11.7. The van der Waals surface area contributed by atoms with Gasteiger partial charge in [-0.05, 0) is 33.3 Å². The number of nitrogens with zero attached hydrogens (tertiary/aromatic N) is 2. The number of rotatable bonds is 4. The van der Waals surface area contributed by atoms with Gasteiger partial charge in [-0.2, -0.15) is 0 Å². The zero-order chi connectivity index (χ0) is 41.7. The maximum atomic E-state index is 14.4. The summed E-state index contributed by atoms with van der Waals surface area (Å²) in [6.07, 6.45) is 3.73. The number of ketones is 1. The van der Waals surface area contributed by atoms with Crippen molar-refractivity contribution in [3.05, 3.63) is 47.3 Å². The van der Waals surface area contributed by atoms with Crippen LogP contribution in [0.1, 0.15) is 84.7 Å². The lowest BCUT2D eigenvalue weighted by Gasteiger charge is -2.38. The summed E-state index contributed by atoms with van der Waals surface area (Å²) >= 11 is 0. The molecule has 1 amide bonds. The molecule has 4 heterocycles. The Labute approximate surface area is 327 Å². The van der Waals surface area contributed by atoms with E-state index in [9.17, 15) is 39.9 Å². The summed E-state index contributed by atoms with van der Waals surface area (Å²) in [7, 11) is 1.45. The summed E-state index contributed by atoms with van der Waals surface area (Å²) in [6, 6.07) is 0. The van der Waals surface area contributed by atoms with Gasteiger partial charge in [0.15, 0.2) is 5.75 Å². The molecule has 2 aromatic carbocycles. The molecule has 7 bridgehead atoms. The Balaban J connectivity index is 1.74. The number of hydrogen-bond donors (Lipinski definition) is 5. The van der Waals surface area contributed by atoms with Gasteiger partial charge in [-0.1, -0.05) is 52.8 Å². The minimum atomic E-state index is -2.00. The number of anilines is 2. The van der Waals surface area contributed by atoms with Crippen LogP contribution in [0.15, 0.2) is 36.1 Å². The van der Waals surface area contributed by atoms with E-state index in [1.807, 2.05) is 6.92 Å². The van der Waals surface area contributed by atoms with E-state index in [2.05, 4.69) is 0 Å². The summed E-state index contributed by atoms with van der Waals surface area (Å²) in [5.74, 6) is -7.65. The van der Waals surface area contributed by atoms with Gasteiger partial charge in [0.2, 0.25) is 0 Å². The van der Waals surface area contributed by atoms with Gasteiger partial charge >= 0.3 is 11.8 Å². The van der Waals surface area contributed by atoms with E-state index in [1.165, 1.54) is 45.1 Å². The number of aromatic hydroxyl groups is 3. The number of phenolic OH excluding ortho intramolecular Hbond substituents is 3. The molecule has 0 aliphatic carbocycles. The van der Waals surface area contributed by atoms with Gasteiger partial charge in [-0.3, -0.25) is 19.3 Å². The minimum absolute atomic E-state index is 0.0254. The van der Waals surface area contributed by atoms with Crippen LogP contribution in [-0.4, -0.2) is 93.2 Å². The number of fused-ring (bicyclic) bond motifs is 12. The van der Waals surface area contributed by atoms with Crippen LogP contribution >= 0.6 is 0 Å². The average Bonchev–Trinajstić information content (AvgIpc) is 3.60. The van der Waals surface area contributed by atoms with Crippen LogP contribution in [0.3, 0.4) is 0 Å². The third-order valence-electron chi connectivity index (χ3n) is 11.7. The first-order valence-corrected chi connectivity index (χ1v) is 19.1. The van der Waals surface area contributed by atoms with Crippen LogP contribution in [0.5, 0.6) is 23.0 Å². The number of phenols is 3. The fourth-order valence-electron chi connectivity index (χ4n) is 8.37. The predicted octanol–water partition coefficient (Wildman–Crippen LogP) is 5.72. The Hall–Kier alpha value is -4.79. The Bertz CT molecular complexity index is 1990. The number of carbonyl (C=O) groups excluding carboxylic acids is 3. The Morgan fingerprint density at radius 3 is 2.16 bits per heavy atom. The van der Waals surface area contributed by atoms with Crippen molar-refractivity contribution in [1.82, 2.24) is 0 Å². The molecule has 4 aliphatic rings. The molecule has 2 aromatic rings. The standard InChI is InChI=1S/C42H56N2O12/c1-12-17-43-25(8)44-32-31(43)36(49)28-29(37(32)50)35(48)24(7)39-30(28)40(51)42(10,56-39)54-18-16-27(53-11)21(4)38(55-26(9)45)23(6)34(47)22(5)33(46)19(2)14-13-15-20(3)41(44)52/h13-16,18-19,21-23,25,27,33-34,38,46-50H,12,17H2,1-11H3/b14-13+,18-16-,20-15+. The molecule has 4 aliphatic heterocycles. The fraction of sp³-hybridized carbons (Fsp3) is 0.548. The van der Waals surface area contributed by atoms with E-state index >= 15 is 0 Å². The van der Waals surface area contributed by atoms with Crippen molar-refractivity contribution in [3.8, 4) is 23.0 Å². The Morgan fingerprint density at radius 1 is 0.911 bits per heavy atom. The molecular formula is C42H56N2O12. The number of allylic oxidation sites excluding steroid dienone is 2. The zero-order valence-electron chi connectivity index (χ0n) is 34.0. The Kier molecular flexibility index (Phi) is 12.1. The van der Waals surface area contributed by atoms with E-state index in [0.29, 0.717) is 13.0 Å². The average molecular weight is 781 g/mol. The third kappa shape index (κ3) is 6.96. The van der Waals surface area contributed by atoms with E-state index in [1.54, 1.807) is 64.7 Å². The number of Topliss-reactive ketones (excluding diaryl/α,β-unsaturated/α-hetero) is 1. The molecule has 0 radical (unpaired) electrons. The summed E-state index contributed by atoms with van der Waals surface area (Å²) < 4.78 is 23.6. The lowest BCUT2D eigenvalue weighted by atomic mass is 9.78. The number of ether oxygens (including phenoxy) is 4. The first kappa shape index (κ1) is 42.4. The van der Waals surface area contributed by atoms with Gasteiger partial charge in [0.1, 0.15) is 40.9 Å². The number of methoxy groups -OCH3 is 1. The summed E-state index contributed by atoms with van der Waals surface area (Å²) in [6.45, 7) is 16.8. The van der Waals surface area contributed by atoms with E-state index in [4.69, 9.17) is 18.9 Å². The van der Waals surface area contributed by atoms with Crippen molar-refractivity contribution in [2.24, 2.45) is 23.7 Å². The fourth-order valence-corrected chi connectivity index (χ4v) is 8.37. The van der Waals surface area contributed by atoms with E-state index in [0.717, 1.165) is 0 Å². The molecular weight excluding hydrogens is 724 g/mol. The predicted molar refractivity (Wildman–Crippen MR) is 210 cm³/mol. The van der Waals surface area contributed by atoms with Gasteiger partial charge in [0, 0.05) is 67.7 Å². The topological polar surface area (TPSA) is 196 Å². The van der Waals surface area contributed by atoms with Crippen molar-refractivity contribution in [3.63, 3.8) is 0 Å². The minimum Gasteiger partial charge on any atom is -0.507 e. The zero-order valence-corrected chi connectivity index (χ0v) is 34.0. The number of carbonyl (C=O) groups is 3. The molecule has 14 nitrogen and oxygen atoms in total. The number of esters is 1. The first-order chi connectivity index (χ1) is 26.2. The molecule has 14 heteroatoms. The molecule has 10 unspecified atom stereocenters. The maximum absolute atomic E-state index is 14.4. The quantitative estimate of drug-likeness (QED) is 0.187. The number of benzene rings is 2. The second-order valence-electron chi connectivity index (χ2n) is 15.6. The first-order valence-electron chi connectivity index (χ1n) is 19.1. The SMILES string of the molecule is CCCN1c2c3c(O)c4c(O)c(C)c5c(c4c2O)C(=O)C(C)(O/C=C\C(OC)C(C)C(OC(C)=O)C(C)C(O)C(C)C(O)C(C)/C=C/C=C(\C)C(=O)N3C1C)O5. The normalized spacial score (nSPS) is 33.3. The molecule has 0 fully saturated rings. The highest BCUT2D eigenvalue weighted by Crippen LogP contribution is 2.61. The van der Waals surface area contributed by atoms with Gasteiger partial charge in [-0.15, -0.1) is 0 Å². The van der Waals surface area contributed by atoms with Gasteiger partial charge in [0.05, 0.1) is 35.5 Å². The Morgan fingerprint density at radius 2 is 1.55 bits per heavy atom. The van der Waals surface area contributed by atoms with Crippen LogP contribution in [0, 0.1) is 30.6 Å². The molecule has 10 atom stereocenters. The van der Waals surface area contributed by atoms with E-state index in [-0.39, 0.29) is 44.6 Å². The number of hydrogen-bond acceptors (Lipinski definition) is 13. The molecule has 0 spiro atoms. The maximum Gasteiger partial charge on any atom is 0.312 e. The van der Waals surface area contributed by atoms with Crippen LogP contribution < -0.4 is 14.5 Å². The molecule has 0 saturated carbocycles. The molecule has 56 heavy (non-hydrogen) atoms. The highest BCUT2D eigenvalue weighted by Gasteiger charge is 2.51. The molecule has 306 valence electrons. The number of aliphatic hydroxyl groups excluding tert-OH is 2. The largest absolute Gasteiger partial charge is 0.507 e. The van der Waals surface area contributed by atoms with Crippen molar-refractivity contribution in [1.29, 1.82) is 0 Å². The van der Waals surface area contributed by atoms with Crippen molar-refractivity contribution in [2.45, 2.75) is 112 Å². The van der Waals surface area contributed by atoms with Crippen LogP contribution in [0.25, 0.3) is 10.8 Å². The summed E-state index contributed by atoms with van der Waals surface area (Å²) in [5, 5.41) is 58.3. The van der Waals surface area contributed by atoms with Gasteiger partial charge in [0.25, 0.3) is 11.7 Å². The van der Waals surface area contributed by atoms with E-state index < -0.39 is 94.9 Å². The summed E-state index contributed by atoms with van der Waals surface area (Å²) in [5.41, 5.74) is 0.326. The monoisotopic (exact) mass is 780 g/mol. The lowest BCUT2D eigenvalue weighted by molar-refractivity contribution is -0.160. The molecule has 6 rings (SSSR count). The van der Waals surface area contributed by atoms with Crippen LogP contribution in [0.4, 0.5) is 11.4 Å². The number of amides is 1. The molecule has 5 N–H and O–H groups in total. The van der Waals surface area contributed by atoms with Crippen molar-refractivity contribution >= 4 is 39.8 Å². The second-order valence-corrected chi connectivity index (χ2v) is 15.6. The molecule has 0 saturated heterocycles. The smallest absolute Gasteiger partial charge is 0.312 e. The van der Waals surface area contributed by atoms with Crippen LogP contribution in [-0.2, 0) is 23.8 Å². The second kappa shape index (κ2) is 16.0. The summed E-state index contributed by atoms with van der Waals surface area (Å²) in [4.78, 5) is 44.1. The highest BCUT2D eigenvalue weighted by molar-refractivity contribution is 6.24. The highest BCUT2D eigenvalue weighted by atomic mass is 16.7.